The van der Waals surface area contributed by atoms with Crippen LogP contribution in [0.1, 0.15) is 12.8 Å². The van der Waals surface area contributed by atoms with Crippen LogP contribution in [0.15, 0.2) is 11.6 Å². The molecule has 0 heterocycles. The van der Waals surface area contributed by atoms with Gasteiger partial charge in [0.05, 0.1) is 13.0 Å². The third kappa shape index (κ3) is 8.76. The largest absolute Gasteiger partial charge is 0.481 e. The lowest BCUT2D eigenvalue weighted by molar-refractivity contribution is -0.138. The van der Waals surface area contributed by atoms with Crippen molar-refractivity contribution in [3.8, 4) is 0 Å². The standard InChI is InChI=1S/C8H11ClN2O4/c1-5(9)4-10-8(15)11-6(12)2-3-7(13)14/h1-4H2,(H,13,14)(H2,10,11,12,15). The highest BCUT2D eigenvalue weighted by molar-refractivity contribution is 6.29. The topological polar surface area (TPSA) is 95.5 Å². The molecule has 0 aliphatic heterocycles. The van der Waals surface area contributed by atoms with Crippen molar-refractivity contribution in [2.24, 2.45) is 0 Å². The molecule has 0 aliphatic rings. The first-order chi connectivity index (χ1) is 6.91. The average Bonchev–Trinajstić information content (AvgIpc) is 2.11. The zero-order chi connectivity index (χ0) is 11.8. The molecular formula is C8H11ClN2O4. The number of imide groups is 1. The second-order valence-corrected chi connectivity index (χ2v) is 3.18. The van der Waals surface area contributed by atoms with Gasteiger partial charge in [-0.3, -0.25) is 14.9 Å². The fourth-order valence-electron chi connectivity index (χ4n) is 0.630. The normalized spacial score (nSPS) is 9.13. The van der Waals surface area contributed by atoms with Crippen LogP contribution in [0.3, 0.4) is 0 Å². The van der Waals surface area contributed by atoms with E-state index in [0.717, 1.165) is 0 Å². The number of aliphatic carboxylic acids is 1. The molecule has 0 bridgehead atoms. The molecule has 3 N–H and O–H groups in total. The first kappa shape index (κ1) is 13.4. The van der Waals surface area contributed by atoms with Crippen molar-refractivity contribution < 1.29 is 19.5 Å². The third-order valence-corrected chi connectivity index (χ3v) is 1.39. The zero-order valence-corrected chi connectivity index (χ0v) is 8.63. The van der Waals surface area contributed by atoms with Crippen LogP contribution in [0.25, 0.3) is 0 Å². The molecule has 7 heteroatoms. The molecule has 0 saturated heterocycles. The average molecular weight is 235 g/mol. The Balaban J connectivity index is 3.71. The van der Waals surface area contributed by atoms with Gasteiger partial charge in [-0.1, -0.05) is 18.2 Å². The summed E-state index contributed by atoms with van der Waals surface area (Å²) >= 11 is 5.36. The zero-order valence-electron chi connectivity index (χ0n) is 7.88. The molecule has 0 rings (SSSR count). The quantitative estimate of drug-likeness (QED) is 0.643. The van der Waals surface area contributed by atoms with Crippen molar-refractivity contribution in [2.75, 3.05) is 6.54 Å². The Labute approximate surface area is 91.3 Å². The van der Waals surface area contributed by atoms with Crippen molar-refractivity contribution in [1.29, 1.82) is 0 Å². The lowest BCUT2D eigenvalue weighted by Gasteiger charge is -2.04. The van der Waals surface area contributed by atoms with Crippen molar-refractivity contribution >= 4 is 29.5 Å². The van der Waals surface area contributed by atoms with E-state index in [1.807, 2.05) is 5.32 Å². The summed E-state index contributed by atoms with van der Waals surface area (Å²) in [6, 6.07) is -0.729. The number of carboxylic acid groups (broad SMARTS) is 1. The van der Waals surface area contributed by atoms with Gasteiger partial charge in [-0.2, -0.15) is 0 Å². The predicted octanol–water partition coefficient (Wildman–Crippen LogP) is 0.429. The van der Waals surface area contributed by atoms with Gasteiger partial charge in [0.2, 0.25) is 5.91 Å². The molecule has 0 atom stereocenters. The van der Waals surface area contributed by atoms with E-state index >= 15 is 0 Å². The lowest BCUT2D eigenvalue weighted by Crippen LogP contribution is -2.39. The number of amides is 3. The van der Waals surface area contributed by atoms with Gasteiger partial charge in [0.15, 0.2) is 0 Å². The SMILES string of the molecule is C=C(Cl)CNC(=O)NC(=O)CCC(=O)O. The summed E-state index contributed by atoms with van der Waals surface area (Å²) in [6.07, 6.45) is -0.564. The Hall–Kier alpha value is -1.56. The number of carbonyl (C=O) groups is 3. The maximum atomic E-state index is 10.9. The summed E-state index contributed by atoms with van der Waals surface area (Å²) in [5, 5.41) is 12.7. The predicted molar refractivity (Wildman–Crippen MR) is 53.4 cm³/mol. The van der Waals surface area contributed by atoms with Crippen LogP contribution in [0.4, 0.5) is 4.79 Å². The monoisotopic (exact) mass is 234 g/mol. The molecule has 0 aromatic heterocycles. The minimum atomic E-state index is -1.10. The minimum absolute atomic E-state index is 0.0413. The van der Waals surface area contributed by atoms with Crippen molar-refractivity contribution in [1.82, 2.24) is 10.6 Å². The molecular weight excluding hydrogens is 224 g/mol. The highest BCUT2D eigenvalue weighted by Crippen LogP contribution is 1.92. The van der Waals surface area contributed by atoms with Crippen LogP contribution in [-0.2, 0) is 9.59 Å². The minimum Gasteiger partial charge on any atom is -0.481 e. The fourth-order valence-corrected chi connectivity index (χ4v) is 0.697. The first-order valence-corrected chi connectivity index (χ1v) is 4.42. The maximum absolute atomic E-state index is 10.9. The second-order valence-electron chi connectivity index (χ2n) is 2.64. The Bertz CT molecular complexity index is 262. The number of carboxylic acids is 1. The number of hydrogen-bond acceptors (Lipinski definition) is 3. The number of carbonyl (C=O) groups excluding carboxylic acids is 2. The van der Waals surface area contributed by atoms with Gasteiger partial charge >= 0.3 is 12.0 Å². The number of rotatable bonds is 5. The number of hydrogen-bond donors (Lipinski definition) is 3. The van der Waals surface area contributed by atoms with E-state index in [-0.39, 0.29) is 24.4 Å². The summed E-state index contributed by atoms with van der Waals surface area (Å²) in [5.41, 5.74) is 0. The van der Waals surface area contributed by atoms with Crippen molar-refractivity contribution in [3.05, 3.63) is 11.6 Å². The van der Waals surface area contributed by atoms with E-state index in [2.05, 4.69) is 11.9 Å². The highest BCUT2D eigenvalue weighted by atomic mass is 35.5. The second kappa shape index (κ2) is 6.83. The number of nitrogens with one attached hydrogen (secondary N) is 2. The third-order valence-electron chi connectivity index (χ3n) is 1.26. The summed E-state index contributed by atoms with van der Waals surface area (Å²) in [5.74, 6) is -1.75. The summed E-state index contributed by atoms with van der Waals surface area (Å²) in [7, 11) is 0. The molecule has 0 unspecified atom stereocenters. The van der Waals surface area contributed by atoms with Crippen molar-refractivity contribution in [3.63, 3.8) is 0 Å². The van der Waals surface area contributed by atoms with E-state index in [4.69, 9.17) is 16.7 Å². The van der Waals surface area contributed by atoms with Crippen LogP contribution < -0.4 is 10.6 Å². The van der Waals surface area contributed by atoms with Gasteiger partial charge in [0.25, 0.3) is 0 Å². The van der Waals surface area contributed by atoms with Gasteiger partial charge < -0.3 is 10.4 Å². The lowest BCUT2D eigenvalue weighted by atomic mass is 10.3. The van der Waals surface area contributed by atoms with Crippen LogP contribution in [0.2, 0.25) is 0 Å². The summed E-state index contributed by atoms with van der Waals surface area (Å²) in [4.78, 5) is 31.9. The van der Waals surface area contributed by atoms with Crippen molar-refractivity contribution in [2.45, 2.75) is 12.8 Å². The number of urea groups is 1. The van der Waals surface area contributed by atoms with Crippen LogP contribution in [-0.4, -0.2) is 29.6 Å². The van der Waals surface area contributed by atoms with Gasteiger partial charge in [0.1, 0.15) is 0 Å². The van der Waals surface area contributed by atoms with Gasteiger partial charge in [-0.25, -0.2) is 4.79 Å². The van der Waals surface area contributed by atoms with E-state index < -0.39 is 17.9 Å². The Morgan fingerprint density at radius 1 is 1.27 bits per heavy atom. The van der Waals surface area contributed by atoms with E-state index in [9.17, 15) is 14.4 Å². The van der Waals surface area contributed by atoms with E-state index in [1.165, 1.54) is 0 Å². The van der Waals surface area contributed by atoms with Gasteiger partial charge in [-0.15, -0.1) is 0 Å². The molecule has 15 heavy (non-hydrogen) atoms. The molecule has 3 amide bonds. The summed E-state index contributed by atoms with van der Waals surface area (Å²) < 4.78 is 0. The maximum Gasteiger partial charge on any atom is 0.321 e. The molecule has 0 aliphatic carbocycles. The first-order valence-electron chi connectivity index (χ1n) is 4.04. The molecule has 0 aromatic rings. The Kier molecular flexibility index (Phi) is 6.12. The van der Waals surface area contributed by atoms with E-state index in [1.54, 1.807) is 0 Å². The van der Waals surface area contributed by atoms with Crippen LogP contribution >= 0.6 is 11.6 Å². The Morgan fingerprint density at radius 3 is 2.33 bits per heavy atom. The van der Waals surface area contributed by atoms with Gasteiger partial charge in [-0.05, 0) is 0 Å². The Morgan fingerprint density at radius 2 is 1.87 bits per heavy atom. The molecule has 84 valence electrons. The molecule has 6 nitrogen and oxygen atoms in total. The molecule has 0 aromatic carbocycles. The highest BCUT2D eigenvalue weighted by Gasteiger charge is 2.08. The fraction of sp³-hybridized carbons (Fsp3) is 0.375. The van der Waals surface area contributed by atoms with Crippen LogP contribution in [0.5, 0.6) is 0 Å². The molecule has 0 spiro atoms. The molecule has 0 fully saturated rings. The smallest absolute Gasteiger partial charge is 0.321 e. The van der Waals surface area contributed by atoms with Crippen LogP contribution in [0, 0.1) is 0 Å². The van der Waals surface area contributed by atoms with Gasteiger partial charge in [0, 0.05) is 11.5 Å². The number of halogens is 1. The van der Waals surface area contributed by atoms with E-state index in [0.29, 0.717) is 0 Å². The molecule has 0 saturated carbocycles. The summed E-state index contributed by atoms with van der Waals surface area (Å²) in [6.45, 7) is 3.37. The molecule has 0 radical (unpaired) electrons.